The fourth-order valence-electron chi connectivity index (χ4n) is 2.46. The Bertz CT molecular complexity index is 1140. The first kappa shape index (κ1) is 24.9. The Morgan fingerprint density at radius 3 is 2.23 bits per heavy atom. The molecule has 0 unspecified atom stereocenters. The number of hydrogen-bond donors (Lipinski definition) is 3. The summed E-state index contributed by atoms with van der Waals surface area (Å²) in [6, 6.07) is 3.18. The molecule has 0 radical (unpaired) electrons. The first-order valence-corrected chi connectivity index (χ1v) is 9.91. The Kier molecular flexibility index (Phi) is 8.28. The third-order valence-electron chi connectivity index (χ3n) is 3.95. The van der Waals surface area contributed by atoms with E-state index in [1.54, 1.807) is 43.4 Å². The first-order valence-electron chi connectivity index (χ1n) is 8.44. The second-order valence-corrected chi connectivity index (χ2v) is 7.68. The number of hydrogen-bond acceptors (Lipinski definition) is 8. The van der Waals surface area contributed by atoms with Crippen molar-refractivity contribution in [2.24, 2.45) is 15.2 Å². The van der Waals surface area contributed by atoms with E-state index < -0.39 is 26.3 Å². The van der Waals surface area contributed by atoms with E-state index in [1.165, 1.54) is 12.1 Å². The van der Waals surface area contributed by atoms with Gasteiger partial charge in [-0.25, -0.2) is 4.99 Å². The molecule has 0 aromatic heterocycles. The zero-order chi connectivity index (χ0) is 21.9. The number of anilines is 1. The molecule has 12 heteroatoms. The number of carbonyl (C=O) groups is 1. The van der Waals surface area contributed by atoms with E-state index in [0.29, 0.717) is 11.4 Å². The summed E-state index contributed by atoms with van der Waals surface area (Å²) in [6.07, 6.45) is 11.1. The van der Waals surface area contributed by atoms with Gasteiger partial charge in [0.15, 0.2) is 0 Å². The molecule has 0 saturated heterocycles. The number of aliphatic imine (C=N–C) groups is 1. The van der Waals surface area contributed by atoms with Gasteiger partial charge in [-0.05, 0) is 59.2 Å². The Hall–Kier alpha value is -2.35. The normalized spacial score (nSPS) is 16.9. The third kappa shape index (κ3) is 6.56. The number of carbonyl (C=O) groups excluding carboxylic acids is 1. The SMILES string of the molecule is CC1=CC(=O)C(=NN=C2C=CC(=Nc3ccc([S+](=O)(O)O)cc3N([O-])O)C=C2)C=C1.[Na+]. The van der Waals surface area contributed by atoms with Gasteiger partial charge in [0.25, 0.3) is 0 Å². The number of allylic oxidation sites excluding steroid dienone is 8. The van der Waals surface area contributed by atoms with Crippen LogP contribution in [0.25, 0.3) is 0 Å². The quantitative estimate of drug-likeness (QED) is 0.195. The van der Waals surface area contributed by atoms with E-state index in [1.807, 2.05) is 0 Å². The molecule has 3 N–H and O–H groups in total. The first-order chi connectivity index (χ1) is 14.1. The summed E-state index contributed by atoms with van der Waals surface area (Å²) in [5.41, 5.74) is 1.47. The van der Waals surface area contributed by atoms with E-state index >= 15 is 0 Å². The minimum Gasteiger partial charge on any atom is -0.733 e. The van der Waals surface area contributed by atoms with Crippen LogP contribution in [0.5, 0.6) is 0 Å². The van der Waals surface area contributed by atoms with Gasteiger partial charge in [-0.15, -0.1) is 5.10 Å². The van der Waals surface area contributed by atoms with Crippen molar-refractivity contribution >= 4 is 44.8 Å². The van der Waals surface area contributed by atoms with Gasteiger partial charge < -0.3 is 10.4 Å². The molecule has 0 saturated carbocycles. The van der Waals surface area contributed by atoms with Gasteiger partial charge in [0, 0.05) is 12.1 Å². The van der Waals surface area contributed by atoms with Crippen molar-refractivity contribution in [3.63, 3.8) is 0 Å². The minimum absolute atomic E-state index is 0. The molecule has 0 amide bonds. The second kappa shape index (κ2) is 10.3. The predicted molar refractivity (Wildman–Crippen MR) is 114 cm³/mol. The topological polar surface area (TPSA) is 158 Å². The van der Waals surface area contributed by atoms with Crippen LogP contribution in [0.15, 0.2) is 86.4 Å². The molecular formula is C19H16N4NaO6S+. The van der Waals surface area contributed by atoms with Crippen molar-refractivity contribution in [3.8, 4) is 0 Å². The molecule has 1 aromatic rings. The van der Waals surface area contributed by atoms with Crippen molar-refractivity contribution in [3.05, 3.63) is 71.5 Å². The molecule has 0 fully saturated rings. The Morgan fingerprint density at radius 2 is 1.65 bits per heavy atom. The average molecular weight is 451 g/mol. The minimum atomic E-state index is -4.30. The monoisotopic (exact) mass is 451 g/mol. The zero-order valence-corrected chi connectivity index (χ0v) is 19.4. The maximum atomic E-state index is 11.8. The molecule has 2 aliphatic rings. The average Bonchev–Trinajstić information content (AvgIpc) is 2.68. The molecule has 0 atom stereocenters. The van der Waals surface area contributed by atoms with Crippen molar-refractivity contribution < 1.29 is 52.9 Å². The van der Waals surface area contributed by atoms with Crippen molar-refractivity contribution in [2.75, 3.05) is 5.23 Å². The van der Waals surface area contributed by atoms with Crippen LogP contribution in [0.2, 0.25) is 0 Å². The largest absolute Gasteiger partial charge is 1.00 e. The summed E-state index contributed by atoms with van der Waals surface area (Å²) in [5, 5.41) is 28.0. The predicted octanol–water partition coefficient (Wildman–Crippen LogP) is 0.269. The summed E-state index contributed by atoms with van der Waals surface area (Å²) >= 11 is 0. The molecule has 0 bridgehead atoms. The van der Waals surface area contributed by atoms with Crippen LogP contribution in [0, 0.1) is 5.21 Å². The fourth-order valence-corrected chi connectivity index (χ4v) is 2.98. The van der Waals surface area contributed by atoms with Gasteiger partial charge in [-0.1, -0.05) is 6.08 Å². The van der Waals surface area contributed by atoms with Crippen LogP contribution in [-0.4, -0.2) is 37.2 Å². The number of benzene rings is 1. The van der Waals surface area contributed by atoms with Gasteiger partial charge >= 0.3 is 40.1 Å². The molecule has 0 heterocycles. The standard InChI is InChI=1S/C19H16N4O6S.Na/c1-12-2-8-17(19(24)10-12)22-21-14-5-3-13(4-6-14)20-16-9-7-15(30(27,28)29)11-18(16)23(25)26;/h2-11,25H,1H3,(H2,27,28,29);/q;+1. The maximum Gasteiger partial charge on any atom is 1.00 e. The van der Waals surface area contributed by atoms with E-state index in [2.05, 4.69) is 15.2 Å². The van der Waals surface area contributed by atoms with Crippen LogP contribution < -0.4 is 34.8 Å². The van der Waals surface area contributed by atoms with Gasteiger partial charge in [0.05, 0.1) is 22.8 Å². The number of ketones is 1. The summed E-state index contributed by atoms with van der Waals surface area (Å²) in [7, 11) is -4.30. The third-order valence-corrected chi connectivity index (χ3v) is 4.82. The molecule has 154 valence electrons. The van der Waals surface area contributed by atoms with Gasteiger partial charge in [0.2, 0.25) is 10.7 Å². The molecular weight excluding hydrogens is 435 g/mol. The van der Waals surface area contributed by atoms with E-state index in [-0.39, 0.29) is 46.7 Å². The van der Waals surface area contributed by atoms with Gasteiger partial charge in [-0.2, -0.15) is 14.2 Å². The maximum absolute atomic E-state index is 11.8. The van der Waals surface area contributed by atoms with Crippen LogP contribution in [0.4, 0.5) is 11.4 Å². The number of rotatable bonds is 4. The van der Waals surface area contributed by atoms with Crippen molar-refractivity contribution in [2.45, 2.75) is 11.8 Å². The van der Waals surface area contributed by atoms with Crippen LogP contribution in [0.1, 0.15) is 6.92 Å². The van der Waals surface area contributed by atoms with Gasteiger partial charge in [-0.3, -0.25) is 10.0 Å². The second-order valence-electron chi connectivity index (χ2n) is 6.22. The van der Waals surface area contributed by atoms with Gasteiger partial charge in [0.1, 0.15) is 5.71 Å². The molecule has 1 aromatic carbocycles. The summed E-state index contributed by atoms with van der Waals surface area (Å²) in [5.74, 6) is -0.234. The smallest absolute Gasteiger partial charge is 0.733 e. The van der Waals surface area contributed by atoms with Crippen molar-refractivity contribution in [1.29, 1.82) is 0 Å². The molecule has 31 heavy (non-hydrogen) atoms. The van der Waals surface area contributed by atoms with E-state index in [4.69, 9.17) is 0 Å². The van der Waals surface area contributed by atoms with Crippen molar-refractivity contribution in [1.82, 2.24) is 0 Å². The summed E-state index contributed by atoms with van der Waals surface area (Å²) in [4.78, 5) is 15.6. The van der Waals surface area contributed by atoms with E-state index in [9.17, 15) is 28.5 Å². The Labute approximate surface area is 200 Å². The summed E-state index contributed by atoms with van der Waals surface area (Å²) < 4.78 is 29.7. The Morgan fingerprint density at radius 1 is 1.00 bits per heavy atom. The zero-order valence-electron chi connectivity index (χ0n) is 16.5. The van der Waals surface area contributed by atoms with E-state index in [0.717, 1.165) is 17.7 Å². The molecule has 0 aliphatic heterocycles. The van der Waals surface area contributed by atoms with Crippen LogP contribution in [0.3, 0.4) is 0 Å². The molecule has 10 nitrogen and oxygen atoms in total. The number of nitrogens with zero attached hydrogens (tertiary/aromatic N) is 4. The summed E-state index contributed by atoms with van der Waals surface area (Å²) in [6.45, 7) is 1.80. The van der Waals surface area contributed by atoms with Crippen LogP contribution in [-0.2, 0) is 19.5 Å². The Balaban J connectivity index is 0.00000341. The molecule has 2 aliphatic carbocycles. The molecule has 3 rings (SSSR count). The molecule has 0 spiro atoms. The fraction of sp³-hybridized carbons (Fsp3) is 0.0526. The van der Waals surface area contributed by atoms with Crippen LogP contribution >= 0.6 is 0 Å².